The topological polar surface area (TPSA) is 18.1 Å². The minimum absolute atomic E-state index is 0.725. The van der Waals surface area contributed by atoms with E-state index in [-0.39, 0.29) is 0 Å². The minimum atomic E-state index is 0.725. The van der Waals surface area contributed by atoms with Gasteiger partial charge in [0.1, 0.15) is 5.58 Å². The van der Waals surface area contributed by atoms with Gasteiger partial charge in [0.05, 0.1) is 16.1 Å². The highest BCUT2D eigenvalue weighted by Crippen LogP contribution is 2.43. The third-order valence-corrected chi connectivity index (χ3v) is 6.63. The van der Waals surface area contributed by atoms with Gasteiger partial charge in [-0.25, -0.2) is 0 Å². The molecule has 0 unspecified atom stereocenters. The zero-order chi connectivity index (χ0) is 23.2. The van der Waals surface area contributed by atoms with Gasteiger partial charge in [-0.2, -0.15) is 0 Å². The monoisotopic (exact) mass is 459 g/mol. The molecule has 0 radical (unpaired) electrons. The number of para-hydroxylation sites is 2. The summed E-state index contributed by atoms with van der Waals surface area (Å²) >= 11 is 6.92. The van der Waals surface area contributed by atoms with Crippen LogP contribution in [0.1, 0.15) is 12.5 Å². The molecule has 2 aromatic heterocycles. The standard InChI is InChI=1S/C31H22ClNO/c1-3-4-5-10-20(2)21-15-17-22(18-16-21)33-27-13-8-6-12-24(27)29-26(32)19-25-23-11-7-9-14-28(23)34-31(25)30(29)33/h3-19H,2H2,1H3/b4-3-,10-5-. The molecule has 0 saturated carbocycles. The fourth-order valence-electron chi connectivity index (χ4n) is 4.75. The Morgan fingerprint density at radius 2 is 1.62 bits per heavy atom. The van der Waals surface area contributed by atoms with Crippen LogP contribution in [0.5, 0.6) is 0 Å². The number of hydrogen-bond acceptors (Lipinski definition) is 1. The Labute approximate surface area is 202 Å². The van der Waals surface area contributed by atoms with Gasteiger partial charge in [-0.15, -0.1) is 0 Å². The van der Waals surface area contributed by atoms with Gasteiger partial charge in [-0.1, -0.05) is 91.0 Å². The first-order valence-electron chi connectivity index (χ1n) is 11.3. The van der Waals surface area contributed by atoms with Crippen molar-refractivity contribution in [2.24, 2.45) is 0 Å². The molecule has 0 saturated heterocycles. The molecule has 0 aliphatic heterocycles. The van der Waals surface area contributed by atoms with Crippen LogP contribution in [0.3, 0.4) is 0 Å². The van der Waals surface area contributed by atoms with Crippen molar-refractivity contribution >= 4 is 60.9 Å². The second-order valence-electron chi connectivity index (χ2n) is 8.37. The van der Waals surface area contributed by atoms with E-state index in [4.69, 9.17) is 16.0 Å². The van der Waals surface area contributed by atoms with E-state index in [1.54, 1.807) is 0 Å². The maximum absolute atomic E-state index is 6.92. The van der Waals surface area contributed by atoms with Crippen molar-refractivity contribution in [2.45, 2.75) is 6.92 Å². The van der Waals surface area contributed by atoms with Gasteiger partial charge < -0.3 is 8.98 Å². The molecule has 34 heavy (non-hydrogen) atoms. The number of furan rings is 1. The molecule has 0 atom stereocenters. The predicted octanol–water partition coefficient (Wildman–Crippen LogP) is 9.48. The lowest BCUT2D eigenvalue weighted by Crippen LogP contribution is -1.94. The Morgan fingerprint density at radius 1 is 0.882 bits per heavy atom. The number of rotatable bonds is 4. The fourth-order valence-corrected chi connectivity index (χ4v) is 5.05. The number of allylic oxidation sites excluding steroid dienone is 5. The summed E-state index contributed by atoms with van der Waals surface area (Å²) in [5.74, 6) is 0. The number of hydrogen-bond donors (Lipinski definition) is 0. The molecule has 3 heteroatoms. The van der Waals surface area contributed by atoms with Crippen LogP contribution in [0, 0.1) is 0 Å². The smallest absolute Gasteiger partial charge is 0.160 e. The summed E-state index contributed by atoms with van der Waals surface area (Å²) in [4.78, 5) is 0. The van der Waals surface area contributed by atoms with E-state index in [2.05, 4.69) is 65.7 Å². The molecule has 6 aromatic rings. The van der Waals surface area contributed by atoms with Crippen molar-refractivity contribution in [1.82, 2.24) is 4.57 Å². The van der Waals surface area contributed by atoms with Crippen LogP contribution in [0.4, 0.5) is 0 Å². The molecule has 2 heterocycles. The predicted molar refractivity (Wildman–Crippen MR) is 146 cm³/mol. The van der Waals surface area contributed by atoms with Crippen molar-refractivity contribution in [3.63, 3.8) is 0 Å². The van der Waals surface area contributed by atoms with Gasteiger partial charge in [0.25, 0.3) is 0 Å². The highest BCUT2D eigenvalue weighted by Gasteiger charge is 2.21. The number of benzene rings is 4. The van der Waals surface area contributed by atoms with Gasteiger partial charge in [-0.05, 0) is 48.4 Å². The average Bonchev–Trinajstić information content (AvgIpc) is 3.41. The van der Waals surface area contributed by atoms with E-state index in [0.29, 0.717) is 0 Å². The molecule has 2 nitrogen and oxygen atoms in total. The van der Waals surface area contributed by atoms with Crippen LogP contribution >= 0.6 is 11.6 Å². The van der Waals surface area contributed by atoms with Gasteiger partial charge in [0.2, 0.25) is 0 Å². The molecule has 0 aliphatic carbocycles. The maximum Gasteiger partial charge on any atom is 0.160 e. The van der Waals surface area contributed by atoms with Crippen molar-refractivity contribution in [1.29, 1.82) is 0 Å². The van der Waals surface area contributed by atoms with Gasteiger partial charge in [0, 0.05) is 27.2 Å². The van der Waals surface area contributed by atoms with E-state index in [9.17, 15) is 0 Å². The molecule has 0 aliphatic rings. The van der Waals surface area contributed by atoms with Crippen LogP contribution in [-0.2, 0) is 0 Å². The highest BCUT2D eigenvalue weighted by atomic mass is 35.5. The van der Waals surface area contributed by atoms with Crippen molar-refractivity contribution in [3.8, 4) is 5.69 Å². The normalized spacial score (nSPS) is 12.3. The van der Waals surface area contributed by atoms with E-state index in [1.807, 2.05) is 55.5 Å². The molecule has 4 aromatic carbocycles. The molecule has 6 rings (SSSR count). The SMILES string of the molecule is C=C(/C=C\C=C/C)c1ccc(-n2c3ccccc3c3c(Cl)cc4c5ccccc5oc4c32)cc1. The van der Waals surface area contributed by atoms with Crippen molar-refractivity contribution in [2.75, 3.05) is 0 Å². The van der Waals surface area contributed by atoms with Crippen molar-refractivity contribution in [3.05, 3.63) is 120 Å². The zero-order valence-corrected chi connectivity index (χ0v) is 19.5. The lowest BCUT2D eigenvalue weighted by molar-refractivity contribution is 0.671. The summed E-state index contributed by atoms with van der Waals surface area (Å²) in [6.07, 6.45) is 8.02. The number of nitrogens with zero attached hydrogens (tertiary/aromatic N) is 1. The molecule has 0 spiro atoms. The molecular weight excluding hydrogens is 438 g/mol. The van der Waals surface area contributed by atoms with E-state index >= 15 is 0 Å². The quantitative estimate of drug-likeness (QED) is 0.240. The Hall–Kier alpha value is -4.01. The van der Waals surface area contributed by atoms with Crippen LogP contribution in [0.2, 0.25) is 5.02 Å². The third-order valence-electron chi connectivity index (χ3n) is 6.33. The molecule has 0 amide bonds. The lowest BCUT2D eigenvalue weighted by Gasteiger charge is -2.10. The zero-order valence-electron chi connectivity index (χ0n) is 18.8. The first kappa shape index (κ1) is 20.6. The molecule has 0 N–H and O–H groups in total. The van der Waals surface area contributed by atoms with Crippen LogP contribution in [0.25, 0.3) is 55.0 Å². The third kappa shape index (κ3) is 3.11. The molecular formula is C31H22ClNO. The maximum atomic E-state index is 6.92. The summed E-state index contributed by atoms with van der Waals surface area (Å²) < 4.78 is 8.67. The van der Waals surface area contributed by atoms with E-state index in [0.717, 1.165) is 65.6 Å². The second kappa shape index (κ2) is 8.09. The Kier molecular flexibility index (Phi) is 4.90. The lowest BCUT2D eigenvalue weighted by atomic mass is 10.1. The first-order chi connectivity index (χ1) is 16.7. The average molecular weight is 460 g/mol. The highest BCUT2D eigenvalue weighted by molar-refractivity contribution is 6.41. The van der Waals surface area contributed by atoms with Gasteiger partial charge in [0.15, 0.2) is 5.58 Å². The largest absolute Gasteiger partial charge is 0.454 e. The van der Waals surface area contributed by atoms with Crippen molar-refractivity contribution < 1.29 is 4.42 Å². The first-order valence-corrected chi connectivity index (χ1v) is 11.7. The van der Waals surface area contributed by atoms with Gasteiger partial charge >= 0.3 is 0 Å². The molecule has 0 bridgehead atoms. The summed E-state index contributed by atoms with van der Waals surface area (Å²) in [5.41, 5.74) is 6.87. The van der Waals surface area contributed by atoms with Crippen LogP contribution in [0.15, 0.2) is 114 Å². The summed E-state index contributed by atoms with van der Waals surface area (Å²) in [5, 5.41) is 4.93. The Bertz CT molecular complexity index is 1780. The van der Waals surface area contributed by atoms with Crippen LogP contribution in [-0.4, -0.2) is 4.57 Å². The summed E-state index contributed by atoms with van der Waals surface area (Å²) in [6, 6.07) is 27.0. The Morgan fingerprint density at radius 3 is 2.41 bits per heavy atom. The number of aromatic nitrogens is 1. The fraction of sp³-hybridized carbons (Fsp3) is 0.0323. The summed E-state index contributed by atoms with van der Waals surface area (Å²) in [6.45, 7) is 6.20. The van der Waals surface area contributed by atoms with Crippen LogP contribution < -0.4 is 0 Å². The van der Waals surface area contributed by atoms with Gasteiger partial charge in [-0.3, -0.25) is 0 Å². The van der Waals surface area contributed by atoms with E-state index < -0.39 is 0 Å². The summed E-state index contributed by atoms with van der Waals surface area (Å²) in [7, 11) is 0. The molecule has 164 valence electrons. The second-order valence-corrected chi connectivity index (χ2v) is 8.77. The number of fused-ring (bicyclic) bond motifs is 7. The minimum Gasteiger partial charge on any atom is -0.454 e. The number of halogens is 1. The Balaban J connectivity index is 1.65. The molecule has 0 fully saturated rings. The van der Waals surface area contributed by atoms with E-state index in [1.165, 1.54) is 0 Å².